The Morgan fingerprint density at radius 2 is 2.50 bits per heavy atom. The largest absolute Gasteiger partial charge is 0.396 e. The number of aliphatic hydroxyl groups is 1. The molecular formula is C7H9IOS. The van der Waals surface area contributed by atoms with Gasteiger partial charge in [-0.15, -0.1) is 11.3 Å². The molecule has 1 atom stereocenters. The van der Waals surface area contributed by atoms with Crippen molar-refractivity contribution in [2.24, 2.45) is 0 Å². The SMILES string of the molecule is OCC[C@H](I)c1cccs1. The fourth-order valence-corrected chi connectivity index (χ4v) is 2.39. The lowest BCUT2D eigenvalue weighted by molar-refractivity contribution is 0.289. The Labute approximate surface area is 78.2 Å². The van der Waals surface area contributed by atoms with E-state index in [1.54, 1.807) is 11.3 Å². The normalized spacial score (nSPS) is 13.4. The number of rotatable bonds is 3. The lowest BCUT2D eigenvalue weighted by atomic mass is 10.3. The van der Waals surface area contributed by atoms with Gasteiger partial charge in [0.2, 0.25) is 0 Å². The summed E-state index contributed by atoms with van der Waals surface area (Å²) < 4.78 is 0.489. The van der Waals surface area contributed by atoms with Gasteiger partial charge in [0.25, 0.3) is 0 Å². The summed E-state index contributed by atoms with van der Waals surface area (Å²) in [6, 6.07) is 4.15. The van der Waals surface area contributed by atoms with Gasteiger partial charge in [-0.1, -0.05) is 28.7 Å². The molecule has 56 valence electrons. The van der Waals surface area contributed by atoms with Crippen LogP contribution in [0.4, 0.5) is 0 Å². The molecule has 1 aromatic heterocycles. The molecule has 0 radical (unpaired) electrons. The molecule has 1 N–H and O–H groups in total. The first-order chi connectivity index (χ1) is 4.84. The highest BCUT2D eigenvalue weighted by molar-refractivity contribution is 14.1. The van der Waals surface area contributed by atoms with Crippen LogP contribution in [0.2, 0.25) is 0 Å². The number of halogens is 1. The van der Waals surface area contributed by atoms with Gasteiger partial charge >= 0.3 is 0 Å². The number of aliphatic hydroxyl groups excluding tert-OH is 1. The number of hydrogen-bond donors (Lipinski definition) is 1. The van der Waals surface area contributed by atoms with Gasteiger partial charge in [-0.05, 0) is 17.9 Å². The van der Waals surface area contributed by atoms with Crippen LogP contribution >= 0.6 is 33.9 Å². The molecule has 10 heavy (non-hydrogen) atoms. The second-order valence-corrected chi connectivity index (χ2v) is 4.48. The van der Waals surface area contributed by atoms with E-state index >= 15 is 0 Å². The van der Waals surface area contributed by atoms with E-state index in [0.717, 1.165) is 6.42 Å². The van der Waals surface area contributed by atoms with Crippen molar-refractivity contribution < 1.29 is 5.11 Å². The molecule has 0 saturated heterocycles. The highest BCUT2D eigenvalue weighted by atomic mass is 127. The first-order valence-electron chi connectivity index (χ1n) is 3.13. The predicted octanol–water partition coefficient (Wildman–Crippen LogP) is 2.61. The molecule has 0 bridgehead atoms. The summed E-state index contributed by atoms with van der Waals surface area (Å²) in [4.78, 5) is 1.36. The highest BCUT2D eigenvalue weighted by Gasteiger charge is 2.05. The van der Waals surface area contributed by atoms with Crippen LogP contribution < -0.4 is 0 Å². The fourth-order valence-electron chi connectivity index (χ4n) is 0.725. The molecule has 0 aliphatic heterocycles. The maximum Gasteiger partial charge on any atom is 0.0475 e. The van der Waals surface area contributed by atoms with Gasteiger partial charge in [0, 0.05) is 15.4 Å². The van der Waals surface area contributed by atoms with E-state index < -0.39 is 0 Å². The monoisotopic (exact) mass is 268 g/mol. The lowest BCUT2D eigenvalue weighted by Crippen LogP contribution is -1.89. The zero-order valence-corrected chi connectivity index (χ0v) is 8.43. The molecule has 0 aliphatic rings. The third-order valence-electron chi connectivity index (χ3n) is 1.23. The Bertz CT molecular complexity index is 174. The van der Waals surface area contributed by atoms with Crippen molar-refractivity contribution >= 4 is 33.9 Å². The molecule has 0 fully saturated rings. The van der Waals surface area contributed by atoms with Crippen LogP contribution in [0, 0.1) is 0 Å². The molecule has 1 nitrogen and oxygen atoms in total. The summed E-state index contributed by atoms with van der Waals surface area (Å²) >= 11 is 4.11. The van der Waals surface area contributed by atoms with Gasteiger partial charge in [-0.2, -0.15) is 0 Å². The Morgan fingerprint density at radius 1 is 1.70 bits per heavy atom. The number of hydrogen-bond acceptors (Lipinski definition) is 2. The first kappa shape index (κ1) is 8.49. The molecule has 1 aromatic rings. The van der Waals surface area contributed by atoms with Crippen molar-refractivity contribution in [1.82, 2.24) is 0 Å². The number of alkyl halides is 1. The molecule has 0 amide bonds. The quantitative estimate of drug-likeness (QED) is 0.660. The van der Waals surface area contributed by atoms with Crippen molar-refractivity contribution in [3.05, 3.63) is 22.4 Å². The summed E-state index contributed by atoms with van der Waals surface area (Å²) in [6.07, 6.45) is 0.862. The second-order valence-electron chi connectivity index (χ2n) is 2.00. The van der Waals surface area contributed by atoms with E-state index in [2.05, 4.69) is 34.0 Å². The van der Waals surface area contributed by atoms with Crippen molar-refractivity contribution in [2.75, 3.05) is 6.61 Å². The summed E-state index contributed by atoms with van der Waals surface area (Å²) in [6.45, 7) is 0.283. The van der Waals surface area contributed by atoms with Crippen LogP contribution in [0.3, 0.4) is 0 Å². The third kappa shape index (κ3) is 2.21. The molecule has 0 saturated carbocycles. The zero-order chi connectivity index (χ0) is 7.40. The van der Waals surface area contributed by atoms with E-state index in [4.69, 9.17) is 5.11 Å². The fraction of sp³-hybridized carbons (Fsp3) is 0.429. The van der Waals surface area contributed by atoms with Crippen LogP contribution in [-0.2, 0) is 0 Å². The van der Waals surface area contributed by atoms with E-state index in [-0.39, 0.29) is 6.61 Å². The van der Waals surface area contributed by atoms with E-state index in [1.807, 2.05) is 6.07 Å². The molecule has 3 heteroatoms. The summed E-state index contributed by atoms with van der Waals surface area (Å²) in [5.74, 6) is 0. The minimum Gasteiger partial charge on any atom is -0.396 e. The molecule has 1 heterocycles. The van der Waals surface area contributed by atoms with Gasteiger partial charge in [0.05, 0.1) is 0 Å². The van der Waals surface area contributed by atoms with Crippen LogP contribution in [0.25, 0.3) is 0 Å². The standard InChI is InChI=1S/C7H9IOS/c8-6(3-4-9)7-2-1-5-10-7/h1-2,5-6,9H,3-4H2/t6-/m0/s1. The van der Waals surface area contributed by atoms with E-state index in [0.29, 0.717) is 3.92 Å². The molecule has 0 spiro atoms. The lowest BCUT2D eigenvalue weighted by Gasteiger charge is -2.02. The Kier molecular flexibility index (Phi) is 3.65. The van der Waals surface area contributed by atoms with Gasteiger partial charge in [0.15, 0.2) is 0 Å². The van der Waals surface area contributed by atoms with Crippen LogP contribution in [0.15, 0.2) is 17.5 Å². The topological polar surface area (TPSA) is 20.2 Å². The average molecular weight is 268 g/mol. The summed E-state index contributed by atoms with van der Waals surface area (Å²) in [7, 11) is 0. The maximum absolute atomic E-state index is 8.64. The summed E-state index contributed by atoms with van der Waals surface area (Å²) in [5, 5.41) is 10.7. The molecule has 0 aliphatic carbocycles. The van der Waals surface area contributed by atoms with Crippen molar-refractivity contribution in [3.8, 4) is 0 Å². The molecular weight excluding hydrogens is 259 g/mol. The van der Waals surface area contributed by atoms with Gasteiger partial charge in [-0.25, -0.2) is 0 Å². The van der Waals surface area contributed by atoms with E-state index in [1.165, 1.54) is 4.88 Å². The van der Waals surface area contributed by atoms with Crippen LogP contribution in [0.1, 0.15) is 15.2 Å². The second kappa shape index (κ2) is 4.31. The Hall–Kier alpha value is 0.390. The van der Waals surface area contributed by atoms with Gasteiger partial charge < -0.3 is 5.11 Å². The minimum atomic E-state index is 0.283. The molecule has 0 aromatic carbocycles. The van der Waals surface area contributed by atoms with Gasteiger partial charge in [0.1, 0.15) is 0 Å². The predicted molar refractivity (Wildman–Crippen MR) is 52.8 cm³/mol. The minimum absolute atomic E-state index is 0.283. The van der Waals surface area contributed by atoms with Crippen LogP contribution in [0.5, 0.6) is 0 Å². The summed E-state index contributed by atoms with van der Waals surface area (Å²) in [5.41, 5.74) is 0. The average Bonchev–Trinajstić information content (AvgIpc) is 2.38. The van der Waals surface area contributed by atoms with Crippen molar-refractivity contribution in [3.63, 3.8) is 0 Å². The van der Waals surface area contributed by atoms with Gasteiger partial charge in [-0.3, -0.25) is 0 Å². The Morgan fingerprint density at radius 3 is 3.00 bits per heavy atom. The smallest absolute Gasteiger partial charge is 0.0475 e. The maximum atomic E-state index is 8.64. The first-order valence-corrected chi connectivity index (χ1v) is 5.25. The molecule has 0 unspecified atom stereocenters. The highest BCUT2D eigenvalue weighted by Crippen LogP contribution is 2.29. The number of thiophene rings is 1. The Balaban J connectivity index is 2.50. The zero-order valence-electron chi connectivity index (χ0n) is 5.46. The third-order valence-corrected chi connectivity index (χ3v) is 3.94. The van der Waals surface area contributed by atoms with Crippen LogP contribution in [-0.4, -0.2) is 11.7 Å². The van der Waals surface area contributed by atoms with Crippen molar-refractivity contribution in [1.29, 1.82) is 0 Å². The van der Waals surface area contributed by atoms with Crippen molar-refractivity contribution in [2.45, 2.75) is 10.3 Å². The molecule has 1 rings (SSSR count). The van der Waals surface area contributed by atoms with E-state index in [9.17, 15) is 0 Å².